The molecule has 0 saturated carbocycles. The Labute approximate surface area is 215 Å². The smallest absolute Gasteiger partial charge is 0.278 e. The number of aromatic hydroxyl groups is 1. The van der Waals surface area contributed by atoms with E-state index in [9.17, 15) is 20.0 Å². The number of benzene rings is 3. The summed E-state index contributed by atoms with van der Waals surface area (Å²) in [7, 11) is 1.55. The summed E-state index contributed by atoms with van der Waals surface area (Å²) in [6, 6.07) is 18.3. The molecule has 0 unspecified atom stereocenters. The topological polar surface area (TPSA) is 107 Å². The summed E-state index contributed by atoms with van der Waals surface area (Å²) >= 11 is 0. The van der Waals surface area contributed by atoms with Gasteiger partial charge in [-0.15, -0.1) is 0 Å². The predicted molar refractivity (Wildman–Crippen MR) is 142 cm³/mol. The average molecular weight is 500 g/mol. The molecule has 0 atom stereocenters. The van der Waals surface area contributed by atoms with Crippen molar-refractivity contribution in [3.05, 3.63) is 93.5 Å². The molecule has 8 heteroatoms. The number of non-ortho nitro benzene ring substituents is 1. The highest BCUT2D eigenvalue weighted by Crippen LogP contribution is 2.40. The molecule has 4 aromatic rings. The number of carbonyl (C=O) groups is 1. The Morgan fingerprint density at radius 2 is 1.62 bits per heavy atom. The highest BCUT2D eigenvalue weighted by atomic mass is 16.6. The van der Waals surface area contributed by atoms with E-state index in [1.165, 1.54) is 16.8 Å². The Balaban J connectivity index is 1.94. The molecule has 0 aliphatic carbocycles. The van der Waals surface area contributed by atoms with Crippen LogP contribution in [-0.4, -0.2) is 32.8 Å². The molecular formula is C29H29N3O5. The molecule has 0 radical (unpaired) electrons. The van der Waals surface area contributed by atoms with Gasteiger partial charge in [-0.25, -0.2) is 0 Å². The molecule has 0 aliphatic rings. The van der Waals surface area contributed by atoms with Gasteiger partial charge >= 0.3 is 0 Å². The lowest BCUT2D eigenvalue weighted by atomic mass is 9.91. The van der Waals surface area contributed by atoms with E-state index in [0.717, 1.165) is 11.1 Å². The largest absolute Gasteiger partial charge is 0.507 e. The first-order valence-corrected chi connectivity index (χ1v) is 12.0. The number of rotatable bonds is 7. The van der Waals surface area contributed by atoms with Crippen molar-refractivity contribution >= 4 is 11.6 Å². The molecule has 0 bridgehead atoms. The summed E-state index contributed by atoms with van der Waals surface area (Å²) in [5.74, 6) is 0.581. The lowest BCUT2D eigenvalue weighted by molar-refractivity contribution is -0.384. The molecule has 0 amide bonds. The number of nitro benzene ring substituents is 1. The van der Waals surface area contributed by atoms with Gasteiger partial charge in [0, 0.05) is 28.8 Å². The summed E-state index contributed by atoms with van der Waals surface area (Å²) in [4.78, 5) is 24.3. The van der Waals surface area contributed by atoms with E-state index in [1.54, 1.807) is 49.6 Å². The van der Waals surface area contributed by atoms with Crippen LogP contribution in [0.4, 0.5) is 5.69 Å². The molecule has 0 aliphatic heterocycles. The molecule has 190 valence electrons. The Morgan fingerprint density at radius 1 is 0.973 bits per heavy atom. The lowest BCUT2D eigenvalue weighted by Crippen LogP contribution is -2.15. The van der Waals surface area contributed by atoms with E-state index in [2.05, 4.69) is 18.9 Å². The van der Waals surface area contributed by atoms with Gasteiger partial charge in [-0.3, -0.25) is 14.9 Å². The van der Waals surface area contributed by atoms with Gasteiger partial charge in [0.2, 0.25) is 0 Å². The van der Waals surface area contributed by atoms with Crippen molar-refractivity contribution in [2.24, 2.45) is 0 Å². The zero-order valence-electron chi connectivity index (χ0n) is 21.4. The number of hydrogen-bond acceptors (Lipinski definition) is 6. The first kappa shape index (κ1) is 25.6. The van der Waals surface area contributed by atoms with Crippen LogP contribution in [-0.2, 0) is 0 Å². The van der Waals surface area contributed by atoms with Crippen LogP contribution in [0.25, 0.3) is 22.5 Å². The van der Waals surface area contributed by atoms with Crippen molar-refractivity contribution in [2.75, 3.05) is 7.11 Å². The number of nitro groups is 1. The first-order chi connectivity index (χ1) is 17.6. The number of ether oxygens (including phenoxy) is 1. The molecule has 0 saturated heterocycles. The van der Waals surface area contributed by atoms with Crippen molar-refractivity contribution in [2.45, 2.75) is 39.5 Å². The summed E-state index contributed by atoms with van der Waals surface area (Å²) in [5, 5.41) is 27.0. The van der Waals surface area contributed by atoms with Gasteiger partial charge in [-0.1, -0.05) is 33.8 Å². The highest BCUT2D eigenvalue weighted by molar-refractivity contribution is 5.99. The van der Waals surface area contributed by atoms with Gasteiger partial charge in [0.25, 0.3) is 11.6 Å². The third-order valence-corrected chi connectivity index (χ3v) is 6.34. The summed E-state index contributed by atoms with van der Waals surface area (Å²) in [5.41, 5.74) is 4.14. The molecule has 0 fully saturated rings. The molecule has 1 aromatic heterocycles. The van der Waals surface area contributed by atoms with Gasteiger partial charge in [0.15, 0.2) is 0 Å². The van der Waals surface area contributed by atoms with Crippen molar-refractivity contribution in [1.29, 1.82) is 0 Å². The minimum atomic E-state index is -0.468. The summed E-state index contributed by atoms with van der Waals surface area (Å²) in [6.07, 6.45) is 0. The van der Waals surface area contributed by atoms with E-state index in [1.807, 2.05) is 26.0 Å². The van der Waals surface area contributed by atoms with E-state index < -0.39 is 4.92 Å². The zero-order chi connectivity index (χ0) is 26.9. The summed E-state index contributed by atoms with van der Waals surface area (Å²) in [6.45, 7) is 8.15. The van der Waals surface area contributed by atoms with E-state index in [4.69, 9.17) is 4.74 Å². The van der Waals surface area contributed by atoms with Crippen molar-refractivity contribution in [3.63, 3.8) is 0 Å². The van der Waals surface area contributed by atoms with Crippen LogP contribution in [0.1, 0.15) is 61.0 Å². The molecule has 8 nitrogen and oxygen atoms in total. The quantitative estimate of drug-likeness (QED) is 0.222. The van der Waals surface area contributed by atoms with Crippen LogP contribution < -0.4 is 4.74 Å². The van der Waals surface area contributed by atoms with Gasteiger partial charge in [0.05, 0.1) is 23.4 Å². The second kappa shape index (κ2) is 10.3. The maximum absolute atomic E-state index is 13.7. The normalized spacial score (nSPS) is 11.2. The van der Waals surface area contributed by atoms with Crippen molar-refractivity contribution in [3.8, 4) is 34.0 Å². The van der Waals surface area contributed by atoms with Crippen LogP contribution in [0.2, 0.25) is 0 Å². The molecule has 3 aromatic carbocycles. The Hall–Kier alpha value is -4.46. The number of carbonyl (C=O) groups excluding carboxylic acids is 1. The Morgan fingerprint density at radius 3 is 2.16 bits per heavy atom. The fraction of sp³-hybridized carbons (Fsp3) is 0.241. The third kappa shape index (κ3) is 5.09. The minimum Gasteiger partial charge on any atom is -0.507 e. The van der Waals surface area contributed by atoms with E-state index in [0.29, 0.717) is 33.8 Å². The average Bonchev–Trinajstić information content (AvgIpc) is 3.33. The second-order valence-electron chi connectivity index (χ2n) is 9.48. The zero-order valence-corrected chi connectivity index (χ0v) is 21.4. The lowest BCUT2D eigenvalue weighted by Gasteiger charge is -2.17. The number of hydrogen-bond donors (Lipinski definition) is 1. The number of aromatic nitrogens is 2. The number of nitrogens with zero attached hydrogens (tertiary/aromatic N) is 3. The first-order valence-electron chi connectivity index (χ1n) is 12.0. The maximum Gasteiger partial charge on any atom is 0.278 e. The standard InChI is InChI=1S/C29H29N3O5/c1-17(2)21-14-24(18(3)4)28(33)25(15-21)27-16-26(19-6-10-22(11-7-19)32(35)36)30-31(27)29(34)20-8-12-23(37-5)13-9-20/h6-18,33H,1-5H3. The number of phenolic OH excluding ortho intramolecular Hbond substituents is 1. The van der Waals surface area contributed by atoms with E-state index >= 15 is 0 Å². The van der Waals surface area contributed by atoms with Gasteiger partial charge < -0.3 is 9.84 Å². The van der Waals surface area contributed by atoms with Crippen LogP contribution in [0.3, 0.4) is 0 Å². The molecule has 1 heterocycles. The number of methoxy groups -OCH3 is 1. The maximum atomic E-state index is 13.7. The van der Waals surface area contributed by atoms with Crippen LogP contribution >= 0.6 is 0 Å². The Bertz CT molecular complexity index is 1450. The molecule has 37 heavy (non-hydrogen) atoms. The molecular weight excluding hydrogens is 470 g/mol. The monoisotopic (exact) mass is 499 g/mol. The fourth-order valence-electron chi connectivity index (χ4n) is 4.13. The third-order valence-electron chi connectivity index (χ3n) is 6.34. The van der Waals surface area contributed by atoms with Crippen LogP contribution in [0.5, 0.6) is 11.5 Å². The van der Waals surface area contributed by atoms with E-state index in [-0.39, 0.29) is 29.2 Å². The van der Waals surface area contributed by atoms with Gasteiger partial charge in [-0.2, -0.15) is 9.78 Å². The molecule has 4 rings (SSSR count). The van der Waals surface area contributed by atoms with Crippen molar-refractivity contribution < 1.29 is 19.6 Å². The van der Waals surface area contributed by atoms with Crippen LogP contribution in [0.15, 0.2) is 66.7 Å². The predicted octanol–water partition coefficient (Wildman–Crippen LogP) is 6.77. The van der Waals surface area contributed by atoms with Crippen molar-refractivity contribution in [1.82, 2.24) is 9.78 Å². The fourth-order valence-corrected chi connectivity index (χ4v) is 4.13. The highest BCUT2D eigenvalue weighted by Gasteiger charge is 2.24. The van der Waals surface area contributed by atoms with Gasteiger partial charge in [-0.05, 0) is 71.5 Å². The second-order valence-corrected chi connectivity index (χ2v) is 9.48. The molecule has 0 spiro atoms. The Kier molecular flexibility index (Phi) is 7.11. The van der Waals surface area contributed by atoms with Crippen LogP contribution in [0, 0.1) is 10.1 Å². The SMILES string of the molecule is COc1ccc(C(=O)n2nc(-c3ccc([N+](=O)[O-])cc3)cc2-c2cc(C(C)C)cc(C(C)C)c2O)cc1. The number of phenols is 1. The van der Waals surface area contributed by atoms with Gasteiger partial charge in [0.1, 0.15) is 11.5 Å². The molecule has 1 N–H and O–H groups in total. The summed E-state index contributed by atoms with van der Waals surface area (Å²) < 4.78 is 6.49. The minimum absolute atomic E-state index is 0.0402.